The van der Waals surface area contributed by atoms with Crippen LogP contribution >= 0.6 is 0 Å². The standard InChI is InChI=1S/C18H27N3O3/c1-18(2,14-7-10-20-11-8-14)24-16(22)9-12-21-17(23)13-3-5-15(19)6-4-13/h3-6,14,20H,7-12,19H2,1-2H3,(H,21,23). The predicted molar refractivity (Wildman–Crippen MR) is 93.6 cm³/mol. The van der Waals surface area contributed by atoms with Gasteiger partial charge in [0.15, 0.2) is 0 Å². The molecule has 6 heteroatoms. The molecule has 1 aromatic rings. The first kappa shape index (κ1) is 18.3. The van der Waals surface area contributed by atoms with Crippen molar-refractivity contribution in [2.75, 3.05) is 25.4 Å². The zero-order valence-corrected chi connectivity index (χ0v) is 14.4. The number of hydrogen-bond donors (Lipinski definition) is 3. The highest BCUT2D eigenvalue weighted by Gasteiger charge is 2.33. The summed E-state index contributed by atoms with van der Waals surface area (Å²) in [4.78, 5) is 24.0. The van der Waals surface area contributed by atoms with Crippen LogP contribution in [0.15, 0.2) is 24.3 Å². The molecule has 0 aromatic heterocycles. The topological polar surface area (TPSA) is 93.5 Å². The average molecular weight is 333 g/mol. The number of amides is 1. The molecule has 24 heavy (non-hydrogen) atoms. The Morgan fingerprint density at radius 2 is 1.88 bits per heavy atom. The molecule has 1 saturated heterocycles. The van der Waals surface area contributed by atoms with Gasteiger partial charge < -0.3 is 21.1 Å². The number of hydrogen-bond acceptors (Lipinski definition) is 5. The van der Waals surface area contributed by atoms with Crippen molar-refractivity contribution in [1.82, 2.24) is 10.6 Å². The summed E-state index contributed by atoms with van der Waals surface area (Å²) >= 11 is 0. The summed E-state index contributed by atoms with van der Waals surface area (Å²) in [6.45, 7) is 6.11. The van der Waals surface area contributed by atoms with Gasteiger partial charge in [0.05, 0.1) is 6.42 Å². The predicted octanol–water partition coefficient (Wildman–Crippen LogP) is 1.71. The lowest BCUT2D eigenvalue weighted by Gasteiger charge is -2.36. The van der Waals surface area contributed by atoms with E-state index in [0.29, 0.717) is 17.2 Å². The first-order valence-electron chi connectivity index (χ1n) is 8.45. The number of ether oxygens (including phenoxy) is 1. The summed E-state index contributed by atoms with van der Waals surface area (Å²) in [5.41, 5.74) is 6.25. The van der Waals surface area contributed by atoms with Crippen LogP contribution in [0.1, 0.15) is 43.5 Å². The van der Waals surface area contributed by atoms with Crippen LogP contribution < -0.4 is 16.4 Å². The summed E-state index contributed by atoms with van der Waals surface area (Å²) in [5.74, 6) is -0.136. The number of nitrogens with two attached hydrogens (primary N) is 1. The van der Waals surface area contributed by atoms with E-state index in [0.717, 1.165) is 25.9 Å². The molecule has 0 bridgehead atoms. The van der Waals surface area contributed by atoms with Crippen molar-refractivity contribution < 1.29 is 14.3 Å². The van der Waals surface area contributed by atoms with E-state index in [1.165, 1.54) is 0 Å². The molecule has 2 rings (SSSR count). The molecule has 132 valence electrons. The molecular formula is C18H27N3O3. The zero-order valence-electron chi connectivity index (χ0n) is 14.4. The maximum absolute atomic E-state index is 12.1. The van der Waals surface area contributed by atoms with E-state index >= 15 is 0 Å². The maximum atomic E-state index is 12.1. The molecule has 6 nitrogen and oxygen atoms in total. The lowest BCUT2D eigenvalue weighted by Crippen LogP contribution is -2.43. The van der Waals surface area contributed by atoms with Gasteiger partial charge in [0.2, 0.25) is 0 Å². The van der Waals surface area contributed by atoms with Crippen LogP contribution in [0.2, 0.25) is 0 Å². The van der Waals surface area contributed by atoms with Crippen LogP contribution in [-0.4, -0.2) is 37.1 Å². The number of carbonyl (C=O) groups is 2. The van der Waals surface area contributed by atoms with E-state index in [2.05, 4.69) is 10.6 Å². The molecule has 1 amide bonds. The van der Waals surface area contributed by atoms with Crippen LogP contribution in [0, 0.1) is 5.92 Å². The number of carbonyl (C=O) groups excluding carboxylic acids is 2. The van der Waals surface area contributed by atoms with Gasteiger partial charge in [0, 0.05) is 23.7 Å². The van der Waals surface area contributed by atoms with Crippen molar-refractivity contribution in [3.8, 4) is 0 Å². The highest BCUT2D eigenvalue weighted by atomic mass is 16.6. The minimum Gasteiger partial charge on any atom is -0.459 e. The smallest absolute Gasteiger partial charge is 0.308 e. The lowest BCUT2D eigenvalue weighted by molar-refractivity contribution is -0.162. The average Bonchev–Trinajstić information content (AvgIpc) is 2.55. The Hall–Kier alpha value is -2.08. The SMILES string of the molecule is CC(C)(OC(=O)CCNC(=O)c1ccc(N)cc1)C1CCNCC1. The van der Waals surface area contributed by atoms with Gasteiger partial charge in [0.25, 0.3) is 5.91 Å². The molecule has 1 fully saturated rings. The molecule has 0 saturated carbocycles. The number of esters is 1. The summed E-state index contributed by atoms with van der Waals surface area (Å²) in [6, 6.07) is 6.65. The Balaban J connectivity index is 1.74. The van der Waals surface area contributed by atoms with E-state index in [9.17, 15) is 9.59 Å². The Morgan fingerprint density at radius 3 is 2.50 bits per heavy atom. The Labute approximate surface area is 143 Å². The molecule has 1 aromatic carbocycles. The fraction of sp³-hybridized carbons (Fsp3) is 0.556. The minimum absolute atomic E-state index is 0.162. The Morgan fingerprint density at radius 1 is 1.25 bits per heavy atom. The number of piperidine rings is 1. The lowest BCUT2D eigenvalue weighted by atomic mass is 9.83. The highest BCUT2D eigenvalue weighted by Crippen LogP contribution is 2.29. The van der Waals surface area contributed by atoms with Crippen molar-refractivity contribution in [3.05, 3.63) is 29.8 Å². The normalized spacial score (nSPS) is 15.8. The Kier molecular flexibility index (Phi) is 6.20. The number of benzene rings is 1. The first-order valence-corrected chi connectivity index (χ1v) is 8.45. The summed E-state index contributed by atoms with van der Waals surface area (Å²) in [6.07, 6.45) is 2.18. The van der Waals surface area contributed by atoms with Crippen molar-refractivity contribution >= 4 is 17.6 Å². The van der Waals surface area contributed by atoms with Gasteiger partial charge in [-0.15, -0.1) is 0 Å². The van der Waals surface area contributed by atoms with E-state index in [1.807, 2.05) is 13.8 Å². The third-order valence-corrected chi connectivity index (χ3v) is 4.49. The molecule has 0 aliphatic carbocycles. The summed E-state index contributed by atoms with van der Waals surface area (Å²) < 4.78 is 5.65. The number of nitrogens with one attached hydrogen (secondary N) is 2. The molecule has 0 unspecified atom stereocenters. The molecule has 1 aliphatic rings. The van der Waals surface area contributed by atoms with Gasteiger partial charge in [-0.3, -0.25) is 9.59 Å². The summed E-state index contributed by atoms with van der Waals surface area (Å²) in [7, 11) is 0. The molecule has 0 atom stereocenters. The van der Waals surface area contributed by atoms with Crippen molar-refractivity contribution in [2.45, 2.75) is 38.7 Å². The van der Waals surface area contributed by atoms with Gasteiger partial charge in [0.1, 0.15) is 5.60 Å². The third kappa shape index (κ3) is 5.23. The number of nitrogen functional groups attached to an aromatic ring is 1. The van der Waals surface area contributed by atoms with Gasteiger partial charge >= 0.3 is 5.97 Å². The third-order valence-electron chi connectivity index (χ3n) is 4.49. The maximum Gasteiger partial charge on any atom is 0.308 e. The van der Waals surface area contributed by atoms with Crippen LogP contribution in [0.3, 0.4) is 0 Å². The van der Waals surface area contributed by atoms with Crippen molar-refractivity contribution in [2.24, 2.45) is 5.92 Å². The molecule has 1 aliphatic heterocycles. The molecular weight excluding hydrogens is 306 g/mol. The van der Waals surface area contributed by atoms with E-state index < -0.39 is 5.60 Å². The quantitative estimate of drug-likeness (QED) is 0.544. The zero-order chi connectivity index (χ0) is 17.6. The first-order chi connectivity index (χ1) is 11.4. The van der Waals surface area contributed by atoms with Gasteiger partial charge in [-0.05, 0) is 64.0 Å². The second-order valence-corrected chi connectivity index (χ2v) is 6.73. The second kappa shape index (κ2) is 8.15. The molecule has 0 spiro atoms. The van der Waals surface area contributed by atoms with Crippen LogP contribution in [-0.2, 0) is 9.53 Å². The minimum atomic E-state index is -0.472. The monoisotopic (exact) mass is 333 g/mol. The van der Waals surface area contributed by atoms with Gasteiger partial charge in [-0.1, -0.05) is 0 Å². The largest absolute Gasteiger partial charge is 0.459 e. The van der Waals surface area contributed by atoms with E-state index in [-0.39, 0.29) is 24.8 Å². The molecule has 4 N–H and O–H groups in total. The second-order valence-electron chi connectivity index (χ2n) is 6.73. The summed E-state index contributed by atoms with van der Waals surface area (Å²) in [5, 5.41) is 6.03. The van der Waals surface area contributed by atoms with Gasteiger partial charge in [-0.25, -0.2) is 0 Å². The number of rotatable bonds is 6. The van der Waals surface area contributed by atoms with Crippen LogP contribution in [0.4, 0.5) is 5.69 Å². The van der Waals surface area contributed by atoms with E-state index in [4.69, 9.17) is 10.5 Å². The Bertz CT molecular complexity index is 563. The van der Waals surface area contributed by atoms with Crippen molar-refractivity contribution in [3.63, 3.8) is 0 Å². The molecule has 0 radical (unpaired) electrons. The fourth-order valence-electron chi connectivity index (χ4n) is 2.96. The van der Waals surface area contributed by atoms with E-state index in [1.54, 1.807) is 24.3 Å². The van der Waals surface area contributed by atoms with Crippen LogP contribution in [0.25, 0.3) is 0 Å². The van der Waals surface area contributed by atoms with Crippen molar-refractivity contribution in [1.29, 1.82) is 0 Å². The highest BCUT2D eigenvalue weighted by molar-refractivity contribution is 5.94. The number of anilines is 1. The fourth-order valence-corrected chi connectivity index (χ4v) is 2.96. The van der Waals surface area contributed by atoms with Crippen LogP contribution in [0.5, 0.6) is 0 Å². The molecule has 1 heterocycles. The van der Waals surface area contributed by atoms with Gasteiger partial charge in [-0.2, -0.15) is 0 Å².